The molecule has 3 heteroatoms. The monoisotopic (exact) mass is 295 g/mol. The highest BCUT2D eigenvalue weighted by Gasteiger charge is 2.19. The van der Waals surface area contributed by atoms with Gasteiger partial charge in [-0.25, -0.2) is 0 Å². The number of carbonyl (C=O) groups excluding carboxylic acids is 1. The highest BCUT2D eigenvalue weighted by Crippen LogP contribution is 2.17. The lowest BCUT2D eigenvalue weighted by molar-refractivity contribution is 0.0893. The van der Waals surface area contributed by atoms with Crippen molar-refractivity contribution in [3.05, 3.63) is 34.3 Å². The van der Waals surface area contributed by atoms with Gasteiger partial charge in [0.15, 0.2) is 5.78 Å². The van der Waals surface area contributed by atoms with Crippen molar-refractivity contribution in [2.45, 2.75) is 19.8 Å². The van der Waals surface area contributed by atoms with Gasteiger partial charge in [-0.1, -0.05) is 35.0 Å². The molecular weight excluding hydrogens is 278 g/mol. The van der Waals surface area contributed by atoms with E-state index in [1.165, 1.54) is 12.8 Å². The molecule has 1 fully saturated rings. The average Bonchev–Trinajstić information content (AvgIpc) is 2.29. The molecular formula is C14H18BrNO. The predicted molar refractivity (Wildman–Crippen MR) is 73.3 cm³/mol. The Kier molecular flexibility index (Phi) is 4.35. The van der Waals surface area contributed by atoms with Crippen LogP contribution in [0, 0.1) is 5.92 Å². The number of rotatable bonds is 3. The van der Waals surface area contributed by atoms with Crippen LogP contribution in [-0.4, -0.2) is 30.3 Å². The van der Waals surface area contributed by atoms with Gasteiger partial charge in [-0.15, -0.1) is 0 Å². The maximum absolute atomic E-state index is 12.1. The van der Waals surface area contributed by atoms with E-state index in [2.05, 4.69) is 27.8 Å². The quantitative estimate of drug-likeness (QED) is 0.797. The predicted octanol–water partition coefficient (Wildman–Crippen LogP) is 3.36. The van der Waals surface area contributed by atoms with E-state index in [-0.39, 0.29) is 5.78 Å². The van der Waals surface area contributed by atoms with Gasteiger partial charge in [-0.2, -0.15) is 0 Å². The van der Waals surface area contributed by atoms with Crippen molar-refractivity contribution in [3.63, 3.8) is 0 Å². The van der Waals surface area contributed by atoms with Crippen LogP contribution in [0.25, 0.3) is 0 Å². The zero-order valence-electron chi connectivity index (χ0n) is 10.2. The van der Waals surface area contributed by atoms with Gasteiger partial charge in [0.1, 0.15) is 0 Å². The minimum absolute atomic E-state index is 0.223. The Labute approximate surface area is 111 Å². The number of hydrogen-bond donors (Lipinski definition) is 0. The smallest absolute Gasteiger partial charge is 0.176 e. The third kappa shape index (κ3) is 3.65. The van der Waals surface area contributed by atoms with Crippen LogP contribution in [0.5, 0.6) is 0 Å². The Hall–Kier alpha value is -0.670. The summed E-state index contributed by atoms with van der Waals surface area (Å²) >= 11 is 3.40. The molecule has 1 saturated heterocycles. The molecule has 2 rings (SSSR count). The maximum Gasteiger partial charge on any atom is 0.176 e. The lowest BCUT2D eigenvalue weighted by Gasteiger charge is -2.30. The van der Waals surface area contributed by atoms with Gasteiger partial charge in [0.05, 0.1) is 6.54 Å². The number of benzene rings is 1. The Morgan fingerprint density at radius 1 is 1.53 bits per heavy atom. The first-order valence-corrected chi connectivity index (χ1v) is 6.95. The van der Waals surface area contributed by atoms with Crippen molar-refractivity contribution in [3.8, 4) is 0 Å². The van der Waals surface area contributed by atoms with Crippen LogP contribution in [-0.2, 0) is 0 Å². The van der Waals surface area contributed by atoms with Crippen molar-refractivity contribution in [1.82, 2.24) is 4.90 Å². The first kappa shape index (κ1) is 12.8. The summed E-state index contributed by atoms with van der Waals surface area (Å²) in [6.07, 6.45) is 2.51. The molecule has 17 heavy (non-hydrogen) atoms. The fourth-order valence-corrected chi connectivity index (χ4v) is 2.79. The number of nitrogens with zero attached hydrogens (tertiary/aromatic N) is 1. The summed E-state index contributed by atoms with van der Waals surface area (Å²) in [4.78, 5) is 14.4. The number of piperidine rings is 1. The van der Waals surface area contributed by atoms with E-state index in [9.17, 15) is 4.79 Å². The summed E-state index contributed by atoms with van der Waals surface area (Å²) in [6, 6.07) is 7.64. The van der Waals surface area contributed by atoms with Crippen LogP contribution in [0.2, 0.25) is 0 Å². The van der Waals surface area contributed by atoms with Gasteiger partial charge in [-0.05, 0) is 37.4 Å². The van der Waals surface area contributed by atoms with Crippen molar-refractivity contribution in [1.29, 1.82) is 0 Å². The average molecular weight is 296 g/mol. The maximum atomic E-state index is 12.1. The molecule has 1 aliphatic rings. The van der Waals surface area contributed by atoms with Gasteiger partial charge in [0.25, 0.3) is 0 Å². The molecule has 0 spiro atoms. The standard InChI is InChI=1S/C14H18BrNO/c1-11-4-3-7-16(9-11)10-14(17)12-5-2-6-13(15)8-12/h2,5-6,8,11H,3-4,7,9-10H2,1H3. The molecule has 1 aromatic carbocycles. The second-order valence-corrected chi connectivity index (χ2v) is 5.83. The molecule has 0 amide bonds. The number of ketones is 1. The Morgan fingerprint density at radius 2 is 2.35 bits per heavy atom. The normalized spacial score (nSPS) is 21.4. The summed E-state index contributed by atoms with van der Waals surface area (Å²) < 4.78 is 0.968. The molecule has 1 aromatic rings. The highest BCUT2D eigenvalue weighted by molar-refractivity contribution is 9.10. The van der Waals surface area contributed by atoms with Gasteiger partial charge in [-0.3, -0.25) is 9.69 Å². The zero-order valence-corrected chi connectivity index (χ0v) is 11.7. The molecule has 1 atom stereocenters. The molecule has 92 valence electrons. The molecule has 1 unspecified atom stereocenters. The fraction of sp³-hybridized carbons (Fsp3) is 0.500. The molecule has 0 bridgehead atoms. The van der Waals surface area contributed by atoms with Crippen LogP contribution in [0.4, 0.5) is 0 Å². The Balaban J connectivity index is 1.97. The van der Waals surface area contributed by atoms with Crippen LogP contribution in [0.3, 0.4) is 0 Å². The second-order valence-electron chi connectivity index (χ2n) is 4.92. The summed E-state index contributed by atoms with van der Waals surface area (Å²) in [5, 5.41) is 0. The number of halogens is 1. The van der Waals surface area contributed by atoms with E-state index in [0.29, 0.717) is 6.54 Å². The van der Waals surface area contributed by atoms with E-state index in [0.717, 1.165) is 29.0 Å². The van der Waals surface area contributed by atoms with Crippen molar-refractivity contribution >= 4 is 21.7 Å². The van der Waals surface area contributed by atoms with E-state index < -0.39 is 0 Å². The van der Waals surface area contributed by atoms with Gasteiger partial charge < -0.3 is 0 Å². The SMILES string of the molecule is CC1CCCN(CC(=O)c2cccc(Br)c2)C1. The van der Waals surface area contributed by atoms with Gasteiger partial charge in [0, 0.05) is 16.6 Å². The van der Waals surface area contributed by atoms with Crippen LogP contribution >= 0.6 is 15.9 Å². The number of likely N-dealkylation sites (tertiary alicyclic amines) is 1. The van der Waals surface area contributed by atoms with E-state index in [1.807, 2.05) is 24.3 Å². The third-order valence-electron chi connectivity index (χ3n) is 3.25. The molecule has 0 N–H and O–H groups in total. The Morgan fingerprint density at radius 3 is 3.06 bits per heavy atom. The summed E-state index contributed by atoms with van der Waals surface area (Å²) in [7, 11) is 0. The van der Waals surface area contributed by atoms with E-state index in [4.69, 9.17) is 0 Å². The lowest BCUT2D eigenvalue weighted by atomic mass is 9.99. The molecule has 1 aliphatic heterocycles. The third-order valence-corrected chi connectivity index (χ3v) is 3.75. The summed E-state index contributed by atoms with van der Waals surface area (Å²) in [6.45, 7) is 4.93. The topological polar surface area (TPSA) is 20.3 Å². The minimum atomic E-state index is 0.223. The van der Waals surface area contributed by atoms with Crippen LogP contribution in [0.1, 0.15) is 30.1 Å². The molecule has 0 aromatic heterocycles. The second kappa shape index (κ2) is 5.78. The number of carbonyl (C=O) groups is 1. The molecule has 2 nitrogen and oxygen atoms in total. The lowest BCUT2D eigenvalue weighted by Crippen LogP contribution is -2.37. The number of hydrogen-bond acceptors (Lipinski definition) is 2. The first-order valence-electron chi connectivity index (χ1n) is 6.16. The summed E-state index contributed by atoms with van der Waals surface area (Å²) in [5.74, 6) is 0.944. The minimum Gasteiger partial charge on any atom is -0.296 e. The summed E-state index contributed by atoms with van der Waals surface area (Å²) in [5.41, 5.74) is 0.803. The van der Waals surface area contributed by atoms with Crippen molar-refractivity contribution < 1.29 is 4.79 Å². The molecule has 0 aliphatic carbocycles. The molecule has 0 saturated carbocycles. The van der Waals surface area contributed by atoms with E-state index in [1.54, 1.807) is 0 Å². The Bertz CT molecular complexity index is 405. The number of Topliss-reactive ketones (excluding diaryl/α,β-unsaturated/α-hetero) is 1. The van der Waals surface area contributed by atoms with Gasteiger partial charge in [0.2, 0.25) is 0 Å². The van der Waals surface area contributed by atoms with Crippen LogP contribution < -0.4 is 0 Å². The first-order chi connectivity index (χ1) is 8.15. The van der Waals surface area contributed by atoms with E-state index >= 15 is 0 Å². The van der Waals surface area contributed by atoms with Crippen LogP contribution in [0.15, 0.2) is 28.7 Å². The van der Waals surface area contributed by atoms with Crippen molar-refractivity contribution in [2.75, 3.05) is 19.6 Å². The largest absolute Gasteiger partial charge is 0.296 e. The fourth-order valence-electron chi connectivity index (χ4n) is 2.39. The zero-order chi connectivity index (χ0) is 12.3. The molecule has 0 radical (unpaired) electrons. The van der Waals surface area contributed by atoms with Gasteiger partial charge >= 0.3 is 0 Å². The highest BCUT2D eigenvalue weighted by atomic mass is 79.9. The molecule has 1 heterocycles. The van der Waals surface area contributed by atoms with Crippen molar-refractivity contribution in [2.24, 2.45) is 5.92 Å².